The fraction of sp³-hybridized carbons (Fsp3) is 0.846. The van der Waals surface area contributed by atoms with Crippen LogP contribution < -0.4 is 5.32 Å². The Labute approximate surface area is 109 Å². The van der Waals surface area contributed by atoms with Crippen molar-refractivity contribution in [2.45, 2.75) is 64.2 Å². The van der Waals surface area contributed by atoms with Crippen LogP contribution in [0.2, 0.25) is 0 Å². The van der Waals surface area contributed by atoms with Gasteiger partial charge in [-0.1, -0.05) is 0 Å². The van der Waals surface area contributed by atoms with Gasteiger partial charge in [0.15, 0.2) is 0 Å². The molecule has 0 amide bonds. The number of aromatic amines is 1. The van der Waals surface area contributed by atoms with Crippen LogP contribution in [0.5, 0.6) is 0 Å². The van der Waals surface area contributed by atoms with Crippen molar-refractivity contribution < 1.29 is 4.74 Å². The zero-order valence-corrected chi connectivity index (χ0v) is 11.8. The molecule has 1 saturated heterocycles. The molecule has 1 aromatic heterocycles. The molecule has 1 aliphatic heterocycles. The lowest BCUT2D eigenvalue weighted by Crippen LogP contribution is -2.43. The maximum absolute atomic E-state index is 6.06. The first-order valence-corrected chi connectivity index (χ1v) is 6.67. The summed E-state index contributed by atoms with van der Waals surface area (Å²) in [4.78, 5) is 4.12. The van der Waals surface area contributed by atoms with E-state index in [4.69, 9.17) is 4.74 Å². The Balaban J connectivity index is 1.73. The Morgan fingerprint density at radius 3 is 2.78 bits per heavy atom. The van der Waals surface area contributed by atoms with Gasteiger partial charge >= 0.3 is 0 Å². The number of ether oxygens (including phenoxy) is 1. The summed E-state index contributed by atoms with van der Waals surface area (Å²) in [6, 6.07) is 0.419. The van der Waals surface area contributed by atoms with Crippen molar-refractivity contribution in [3.05, 3.63) is 12.2 Å². The van der Waals surface area contributed by atoms with Crippen LogP contribution in [-0.2, 0) is 11.2 Å². The molecule has 0 radical (unpaired) electrons. The first-order chi connectivity index (χ1) is 8.39. The fourth-order valence-electron chi connectivity index (χ4n) is 2.76. The average molecular weight is 252 g/mol. The predicted octanol–water partition coefficient (Wildman–Crippen LogP) is 1.67. The van der Waals surface area contributed by atoms with Crippen molar-refractivity contribution in [3.8, 4) is 0 Å². The molecule has 0 aliphatic carbocycles. The highest BCUT2D eigenvalue weighted by Crippen LogP contribution is 2.37. The lowest BCUT2D eigenvalue weighted by Gasteiger charge is -2.27. The lowest BCUT2D eigenvalue weighted by molar-refractivity contribution is -0.0697. The lowest BCUT2D eigenvalue weighted by atomic mass is 9.94. The number of nitrogens with one attached hydrogen (secondary N) is 2. The summed E-state index contributed by atoms with van der Waals surface area (Å²) in [6.07, 6.45) is 4.61. The van der Waals surface area contributed by atoms with E-state index in [1.165, 1.54) is 0 Å². The van der Waals surface area contributed by atoms with E-state index in [0.29, 0.717) is 6.04 Å². The highest BCUT2D eigenvalue weighted by atomic mass is 16.5. The van der Waals surface area contributed by atoms with Crippen LogP contribution in [0.3, 0.4) is 0 Å². The second-order valence-electron chi connectivity index (χ2n) is 6.21. The van der Waals surface area contributed by atoms with Crippen molar-refractivity contribution in [2.75, 3.05) is 6.54 Å². The Morgan fingerprint density at radius 2 is 2.22 bits per heavy atom. The minimum atomic E-state index is -0.0876. The third-order valence-electron chi connectivity index (χ3n) is 3.52. The molecule has 1 unspecified atom stereocenters. The van der Waals surface area contributed by atoms with Crippen LogP contribution in [0.15, 0.2) is 6.33 Å². The molecule has 2 rings (SSSR count). The number of H-pyrrole nitrogens is 1. The molecule has 1 aliphatic rings. The predicted molar refractivity (Wildman–Crippen MR) is 70.4 cm³/mol. The molecule has 0 spiro atoms. The molecule has 5 nitrogen and oxygen atoms in total. The van der Waals surface area contributed by atoms with E-state index in [2.05, 4.69) is 48.2 Å². The van der Waals surface area contributed by atoms with Crippen LogP contribution >= 0.6 is 0 Å². The summed E-state index contributed by atoms with van der Waals surface area (Å²) in [5.74, 6) is 0.957. The maximum atomic E-state index is 6.06. The fourth-order valence-corrected chi connectivity index (χ4v) is 2.76. The van der Waals surface area contributed by atoms with E-state index in [0.717, 1.165) is 31.6 Å². The highest BCUT2D eigenvalue weighted by Gasteiger charge is 2.45. The number of hydrogen-bond acceptors (Lipinski definition) is 4. The third kappa shape index (κ3) is 3.29. The van der Waals surface area contributed by atoms with E-state index < -0.39 is 0 Å². The third-order valence-corrected chi connectivity index (χ3v) is 3.52. The molecule has 1 aromatic rings. The van der Waals surface area contributed by atoms with E-state index in [-0.39, 0.29) is 11.2 Å². The Bertz CT molecular complexity index is 372. The van der Waals surface area contributed by atoms with Gasteiger partial charge in [0.05, 0.1) is 11.2 Å². The van der Waals surface area contributed by atoms with Crippen LogP contribution in [-0.4, -0.2) is 39.0 Å². The summed E-state index contributed by atoms with van der Waals surface area (Å²) in [7, 11) is 0. The molecule has 2 N–H and O–H groups in total. The summed E-state index contributed by atoms with van der Waals surface area (Å²) in [5, 5.41) is 10.3. The number of rotatable bonds is 5. The minimum Gasteiger partial charge on any atom is -0.368 e. The SMILES string of the molecule is CC1(C)CC(NCCCc2ncn[nH]2)C(C)(C)O1. The summed E-state index contributed by atoms with van der Waals surface area (Å²) in [6.45, 7) is 9.62. The number of aromatic nitrogens is 3. The molecule has 18 heavy (non-hydrogen) atoms. The molecule has 5 heteroatoms. The van der Waals surface area contributed by atoms with Gasteiger partial charge in [0.25, 0.3) is 0 Å². The Hall–Kier alpha value is -0.940. The van der Waals surface area contributed by atoms with Gasteiger partial charge in [0, 0.05) is 12.5 Å². The van der Waals surface area contributed by atoms with Crippen LogP contribution in [0.1, 0.15) is 46.4 Å². The normalized spacial score (nSPS) is 25.4. The average Bonchev–Trinajstić information content (AvgIpc) is 2.79. The molecule has 102 valence electrons. The zero-order valence-electron chi connectivity index (χ0n) is 11.8. The Morgan fingerprint density at radius 1 is 1.44 bits per heavy atom. The minimum absolute atomic E-state index is 0.0217. The molecule has 1 atom stereocenters. The van der Waals surface area contributed by atoms with Crippen LogP contribution in [0.4, 0.5) is 0 Å². The van der Waals surface area contributed by atoms with Gasteiger partial charge in [0.2, 0.25) is 0 Å². The van der Waals surface area contributed by atoms with Crippen molar-refractivity contribution in [3.63, 3.8) is 0 Å². The zero-order chi connectivity index (χ0) is 13.2. The van der Waals surface area contributed by atoms with E-state index in [1.54, 1.807) is 6.33 Å². The number of aryl methyl sites for hydroxylation is 1. The molecule has 0 saturated carbocycles. The van der Waals surface area contributed by atoms with Gasteiger partial charge < -0.3 is 10.1 Å². The number of nitrogens with zero attached hydrogens (tertiary/aromatic N) is 2. The van der Waals surface area contributed by atoms with Crippen LogP contribution in [0.25, 0.3) is 0 Å². The van der Waals surface area contributed by atoms with Crippen molar-refractivity contribution in [1.29, 1.82) is 0 Å². The topological polar surface area (TPSA) is 62.8 Å². The maximum Gasteiger partial charge on any atom is 0.137 e. The second kappa shape index (κ2) is 4.97. The van der Waals surface area contributed by atoms with Gasteiger partial charge in [-0.2, -0.15) is 5.10 Å². The highest BCUT2D eigenvalue weighted by molar-refractivity contribution is 4.98. The summed E-state index contributed by atoms with van der Waals surface area (Å²) < 4.78 is 6.06. The van der Waals surface area contributed by atoms with Crippen molar-refractivity contribution >= 4 is 0 Å². The van der Waals surface area contributed by atoms with Gasteiger partial charge in [-0.25, -0.2) is 4.98 Å². The van der Waals surface area contributed by atoms with E-state index >= 15 is 0 Å². The molecular formula is C13H24N4O. The van der Waals surface area contributed by atoms with E-state index in [9.17, 15) is 0 Å². The number of hydrogen-bond donors (Lipinski definition) is 2. The van der Waals surface area contributed by atoms with Gasteiger partial charge in [0.1, 0.15) is 12.2 Å². The second-order valence-corrected chi connectivity index (χ2v) is 6.21. The van der Waals surface area contributed by atoms with E-state index in [1.807, 2.05) is 0 Å². The first kappa shape index (κ1) is 13.5. The molecule has 2 heterocycles. The van der Waals surface area contributed by atoms with Crippen molar-refractivity contribution in [1.82, 2.24) is 20.5 Å². The van der Waals surface area contributed by atoms with Crippen molar-refractivity contribution in [2.24, 2.45) is 0 Å². The monoisotopic (exact) mass is 252 g/mol. The standard InChI is InChI=1S/C13H24N4O/c1-12(2)8-10(13(3,4)18-12)14-7-5-6-11-15-9-16-17-11/h9-10,14H,5-8H2,1-4H3,(H,15,16,17). The molecule has 0 bridgehead atoms. The summed E-state index contributed by atoms with van der Waals surface area (Å²) >= 11 is 0. The molecular weight excluding hydrogens is 228 g/mol. The van der Waals surface area contributed by atoms with Crippen LogP contribution in [0, 0.1) is 0 Å². The smallest absolute Gasteiger partial charge is 0.137 e. The molecule has 1 fully saturated rings. The first-order valence-electron chi connectivity index (χ1n) is 6.67. The summed E-state index contributed by atoms with van der Waals surface area (Å²) in [5.41, 5.74) is -0.109. The van der Waals surface area contributed by atoms with Gasteiger partial charge in [-0.05, 0) is 47.1 Å². The Kier molecular flexibility index (Phi) is 3.73. The van der Waals surface area contributed by atoms with Gasteiger partial charge in [-0.15, -0.1) is 0 Å². The largest absolute Gasteiger partial charge is 0.368 e. The van der Waals surface area contributed by atoms with Gasteiger partial charge in [-0.3, -0.25) is 5.10 Å². The quantitative estimate of drug-likeness (QED) is 0.783. The molecule has 0 aromatic carbocycles.